The fourth-order valence-corrected chi connectivity index (χ4v) is 5.22. The Morgan fingerprint density at radius 3 is 2.52 bits per heavy atom. The van der Waals surface area contributed by atoms with E-state index in [0.717, 1.165) is 0 Å². The number of benzene rings is 1. The number of piperidine rings is 1. The van der Waals surface area contributed by atoms with Crippen molar-refractivity contribution < 1.29 is 22.4 Å². The van der Waals surface area contributed by atoms with Gasteiger partial charge in [0, 0.05) is 37.9 Å². The van der Waals surface area contributed by atoms with Gasteiger partial charge < -0.3 is 14.0 Å². The molecule has 3 heterocycles. The topological polar surface area (TPSA) is 94.8 Å². The van der Waals surface area contributed by atoms with Crippen LogP contribution in [0.1, 0.15) is 31.2 Å². The predicted octanol–water partition coefficient (Wildman–Crippen LogP) is 2.14. The van der Waals surface area contributed by atoms with Crippen molar-refractivity contribution in [1.82, 2.24) is 14.4 Å². The minimum Gasteiger partial charge on any atom is -0.347 e. The standard InChI is InChI=1S/C18H23N3O5S/c1-3-16-19-17(20-26-16)14-5-4-13(2)15(12-14)27(22,23)21-8-6-18(7-9-21)24-10-11-25-18/h4-5,12H,3,6-11H2,1-2H3. The molecular weight excluding hydrogens is 370 g/mol. The number of ether oxygens (including phenoxy) is 2. The zero-order chi connectivity index (χ0) is 19.1. The number of hydrogen-bond acceptors (Lipinski definition) is 7. The Hall–Kier alpha value is -1.81. The maximum atomic E-state index is 13.2. The highest BCUT2D eigenvalue weighted by molar-refractivity contribution is 7.89. The minimum atomic E-state index is -3.63. The van der Waals surface area contributed by atoms with Gasteiger partial charge in [-0.2, -0.15) is 9.29 Å². The molecule has 1 spiro atoms. The molecule has 8 nitrogen and oxygen atoms in total. The normalized spacial score (nSPS) is 20.4. The second kappa shape index (κ2) is 6.97. The van der Waals surface area contributed by atoms with Gasteiger partial charge in [0.05, 0.1) is 18.1 Å². The molecule has 2 saturated heterocycles. The van der Waals surface area contributed by atoms with Crippen LogP contribution in [-0.2, 0) is 25.9 Å². The van der Waals surface area contributed by atoms with Gasteiger partial charge in [-0.25, -0.2) is 8.42 Å². The van der Waals surface area contributed by atoms with Crippen molar-refractivity contribution in [2.75, 3.05) is 26.3 Å². The molecule has 1 aromatic carbocycles. The number of nitrogens with zero attached hydrogens (tertiary/aromatic N) is 3. The molecule has 0 amide bonds. The number of hydrogen-bond donors (Lipinski definition) is 0. The minimum absolute atomic E-state index is 0.270. The molecule has 0 radical (unpaired) electrons. The molecule has 2 fully saturated rings. The Labute approximate surface area is 158 Å². The first-order chi connectivity index (χ1) is 12.9. The second-order valence-corrected chi connectivity index (χ2v) is 8.76. The number of sulfonamides is 1. The summed E-state index contributed by atoms with van der Waals surface area (Å²) >= 11 is 0. The van der Waals surface area contributed by atoms with E-state index < -0.39 is 15.8 Å². The first kappa shape index (κ1) is 18.5. The summed E-state index contributed by atoms with van der Waals surface area (Å²) in [4.78, 5) is 4.56. The van der Waals surface area contributed by atoms with Crippen LogP contribution in [0.5, 0.6) is 0 Å². The molecule has 9 heteroatoms. The third-order valence-electron chi connectivity index (χ3n) is 5.13. The van der Waals surface area contributed by atoms with E-state index in [-0.39, 0.29) is 4.90 Å². The largest absolute Gasteiger partial charge is 0.347 e. The first-order valence-electron chi connectivity index (χ1n) is 9.15. The SMILES string of the molecule is CCc1nc(-c2ccc(C)c(S(=O)(=O)N3CCC4(CC3)OCCO4)c2)no1. The lowest BCUT2D eigenvalue weighted by atomic mass is 10.1. The zero-order valence-electron chi connectivity index (χ0n) is 15.5. The van der Waals surface area contributed by atoms with E-state index in [2.05, 4.69) is 10.1 Å². The Morgan fingerprint density at radius 2 is 1.89 bits per heavy atom. The molecule has 0 atom stereocenters. The summed E-state index contributed by atoms with van der Waals surface area (Å²) in [5, 5.41) is 3.94. The van der Waals surface area contributed by atoms with Crippen molar-refractivity contribution in [1.29, 1.82) is 0 Å². The predicted molar refractivity (Wildman–Crippen MR) is 96.5 cm³/mol. The third-order valence-corrected chi connectivity index (χ3v) is 7.17. The molecule has 2 aliphatic heterocycles. The van der Waals surface area contributed by atoms with Gasteiger partial charge in [0.1, 0.15) is 0 Å². The van der Waals surface area contributed by atoms with Gasteiger partial charge >= 0.3 is 0 Å². The smallest absolute Gasteiger partial charge is 0.243 e. The molecule has 146 valence electrons. The van der Waals surface area contributed by atoms with E-state index in [4.69, 9.17) is 14.0 Å². The van der Waals surface area contributed by atoms with Crippen LogP contribution < -0.4 is 0 Å². The van der Waals surface area contributed by atoms with Crippen LogP contribution in [0.2, 0.25) is 0 Å². The van der Waals surface area contributed by atoms with Gasteiger partial charge in [-0.3, -0.25) is 0 Å². The van der Waals surface area contributed by atoms with Crippen LogP contribution in [0, 0.1) is 6.92 Å². The fourth-order valence-electron chi connectivity index (χ4n) is 3.52. The van der Waals surface area contributed by atoms with E-state index in [1.54, 1.807) is 19.1 Å². The fraction of sp³-hybridized carbons (Fsp3) is 0.556. The third kappa shape index (κ3) is 3.40. The summed E-state index contributed by atoms with van der Waals surface area (Å²) < 4.78 is 44.5. The molecule has 0 unspecified atom stereocenters. The summed E-state index contributed by atoms with van der Waals surface area (Å²) in [6.07, 6.45) is 1.70. The maximum Gasteiger partial charge on any atom is 0.243 e. The highest BCUT2D eigenvalue weighted by atomic mass is 32.2. The average Bonchev–Trinajstić information content (AvgIpc) is 3.32. The van der Waals surface area contributed by atoms with Gasteiger partial charge in [0.2, 0.25) is 21.7 Å². The van der Waals surface area contributed by atoms with Gasteiger partial charge in [-0.15, -0.1) is 0 Å². The van der Waals surface area contributed by atoms with E-state index in [1.165, 1.54) is 4.31 Å². The zero-order valence-corrected chi connectivity index (χ0v) is 16.3. The Balaban J connectivity index is 1.60. The summed E-state index contributed by atoms with van der Waals surface area (Å²) in [6.45, 7) is 5.58. The van der Waals surface area contributed by atoms with Crippen molar-refractivity contribution in [2.45, 2.75) is 43.8 Å². The van der Waals surface area contributed by atoms with Crippen molar-refractivity contribution in [3.63, 3.8) is 0 Å². The number of aryl methyl sites for hydroxylation is 2. The molecule has 4 rings (SSSR count). The second-order valence-electron chi connectivity index (χ2n) is 6.86. The van der Waals surface area contributed by atoms with Gasteiger partial charge in [-0.05, 0) is 18.6 Å². The highest BCUT2D eigenvalue weighted by Crippen LogP contribution is 2.34. The average molecular weight is 393 g/mol. The number of aromatic nitrogens is 2. The lowest BCUT2D eigenvalue weighted by molar-refractivity contribution is -0.179. The molecule has 2 aromatic rings. The van der Waals surface area contributed by atoms with E-state index >= 15 is 0 Å². The van der Waals surface area contributed by atoms with Crippen molar-refractivity contribution in [3.8, 4) is 11.4 Å². The summed E-state index contributed by atoms with van der Waals surface area (Å²) in [5.74, 6) is 0.311. The van der Waals surface area contributed by atoms with Gasteiger partial charge in [0.25, 0.3) is 0 Å². The summed E-state index contributed by atoms with van der Waals surface area (Å²) in [7, 11) is -3.63. The summed E-state index contributed by atoms with van der Waals surface area (Å²) in [5.41, 5.74) is 1.31. The van der Waals surface area contributed by atoms with Crippen LogP contribution in [0.3, 0.4) is 0 Å². The molecule has 0 bridgehead atoms. The molecule has 0 N–H and O–H groups in total. The molecular formula is C18H23N3O5S. The van der Waals surface area contributed by atoms with Crippen LogP contribution >= 0.6 is 0 Å². The number of rotatable bonds is 4. The van der Waals surface area contributed by atoms with Crippen LogP contribution in [0.25, 0.3) is 11.4 Å². The lowest BCUT2D eigenvalue weighted by Crippen LogP contribution is -2.47. The Kier molecular flexibility index (Phi) is 4.79. The molecule has 27 heavy (non-hydrogen) atoms. The monoisotopic (exact) mass is 393 g/mol. The van der Waals surface area contributed by atoms with Crippen LogP contribution in [0.4, 0.5) is 0 Å². The van der Waals surface area contributed by atoms with E-state index in [1.807, 2.05) is 13.0 Å². The lowest BCUT2D eigenvalue weighted by Gasteiger charge is -2.37. The Bertz CT molecular complexity index is 924. The summed E-state index contributed by atoms with van der Waals surface area (Å²) in [6, 6.07) is 5.21. The molecule has 2 aliphatic rings. The molecule has 0 aliphatic carbocycles. The first-order valence-corrected chi connectivity index (χ1v) is 10.6. The van der Waals surface area contributed by atoms with Gasteiger partial charge in [-0.1, -0.05) is 24.2 Å². The maximum absolute atomic E-state index is 13.2. The van der Waals surface area contributed by atoms with E-state index in [0.29, 0.717) is 68.4 Å². The van der Waals surface area contributed by atoms with E-state index in [9.17, 15) is 8.42 Å². The quantitative estimate of drug-likeness (QED) is 0.785. The van der Waals surface area contributed by atoms with Crippen LogP contribution in [0.15, 0.2) is 27.6 Å². The molecule has 0 saturated carbocycles. The van der Waals surface area contributed by atoms with Crippen molar-refractivity contribution in [2.24, 2.45) is 0 Å². The van der Waals surface area contributed by atoms with Gasteiger partial charge in [0.15, 0.2) is 5.79 Å². The molecule has 1 aromatic heterocycles. The van der Waals surface area contributed by atoms with Crippen molar-refractivity contribution >= 4 is 10.0 Å². The van der Waals surface area contributed by atoms with Crippen molar-refractivity contribution in [3.05, 3.63) is 29.7 Å². The van der Waals surface area contributed by atoms with Crippen LogP contribution in [-0.4, -0.2) is 55.0 Å². The highest BCUT2D eigenvalue weighted by Gasteiger charge is 2.42. The Morgan fingerprint density at radius 1 is 1.19 bits per heavy atom.